The average molecular weight is 289 g/mol. The second-order valence-corrected chi connectivity index (χ2v) is 4.29. The molecule has 0 heterocycles. The monoisotopic (exact) mass is 289 g/mol. The van der Waals surface area contributed by atoms with Crippen molar-refractivity contribution < 1.29 is 23.7 Å². The van der Waals surface area contributed by atoms with E-state index in [2.05, 4.69) is 4.76 Å². The molecule has 0 saturated heterocycles. The molecule has 21 heavy (non-hydrogen) atoms. The van der Waals surface area contributed by atoms with Gasteiger partial charge >= 0.3 is 13.1 Å². The van der Waals surface area contributed by atoms with Crippen molar-refractivity contribution in [1.29, 1.82) is 0 Å². The molecule has 0 unspecified atom stereocenters. The Hall–Kier alpha value is -2.22. The van der Waals surface area contributed by atoms with Gasteiger partial charge in [0, 0.05) is 5.46 Å². The van der Waals surface area contributed by atoms with Crippen molar-refractivity contribution in [3.05, 3.63) is 65.5 Å². The third-order valence-electron chi connectivity index (χ3n) is 2.84. The SMILES string of the molecule is NOB(O)c1ccc(C(=O)OCc2ccccc2)cc1F. The van der Waals surface area contributed by atoms with Gasteiger partial charge in [-0.25, -0.2) is 15.1 Å². The van der Waals surface area contributed by atoms with Gasteiger partial charge in [0.1, 0.15) is 12.4 Å². The molecular weight excluding hydrogens is 276 g/mol. The number of benzene rings is 2. The van der Waals surface area contributed by atoms with Crippen molar-refractivity contribution in [2.75, 3.05) is 0 Å². The van der Waals surface area contributed by atoms with Gasteiger partial charge in [-0.05, 0) is 17.7 Å². The van der Waals surface area contributed by atoms with Crippen molar-refractivity contribution in [1.82, 2.24) is 0 Å². The number of rotatable bonds is 5. The van der Waals surface area contributed by atoms with Crippen molar-refractivity contribution >= 4 is 18.6 Å². The van der Waals surface area contributed by atoms with Gasteiger partial charge in [-0.3, -0.25) is 0 Å². The van der Waals surface area contributed by atoms with Crippen molar-refractivity contribution in [3.8, 4) is 0 Å². The summed E-state index contributed by atoms with van der Waals surface area (Å²) >= 11 is 0. The molecule has 2 aromatic rings. The molecule has 0 atom stereocenters. The molecule has 5 nitrogen and oxygen atoms in total. The first kappa shape index (κ1) is 15.2. The van der Waals surface area contributed by atoms with Gasteiger partial charge in [-0.15, -0.1) is 0 Å². The Morgan fingerprint density at radius 1 is 1.24 bits per heavy atom. The van der Waals surface area contributed by atoms with E-state index in [-0.39, 0.29) is 17.6 Å². The maximum atomic E-state index is 13.7. The first-order valence-corrected chi connectivity index (χ1v) is 6.16. The minimum Gasteiger partial charge on any atom is -0.457 e. The molecule has 0 aromatic heterocycles. The zero-order chi connectivity index (χ0) is 15.2. The average Bonchev–Trinajstić information content (AvgIpc) is 2.52. The van der Waals surface area contributed by atoms with Crippen LogP contribution >= 0.6 is 0 Å². The number of ether oxygens (including phenoxy) is 1. The summed E-state index contributed by atoms with van der Waals surface area (Å²) in [5.41, 5.74) is 0.711. The van der Waals surface area contributed by atoms with E-state index in [1.165, 1.54) is 12.1 Å². The molecule has 0 spiro atoms. The lowest BCUT2D eigenvalue weighted by Crippen LogP contribution is -2.38. The van der Waals surface area contributed by atoms with Crippen LogP contribution in [0, 0.1) is 5.82 Å². The number of carbonyl (C=O) groups excluding carboxylic acids is 1. The fourth-order valence-electron chi connectivity index (χ4n) is 1.73. The Balaban J connectivity index is 2.04. The predicted octanol–water partition coefficient (Wildman–Crippen LogP) is 0.760. The van der Waals surface area contributed by atoms with E-state index in [4.69, 9.17) is 10.6 Å². The van der Waals surface area contributed by atoms with Crippen LogP contribution in [0.1, 0.15) is 15.9 Å². The maximum absolute atomic E-state index is 13.7. The molecular formula is C14H13BFNO4. The van der Waals surface area contributed by atoms with Crippen molar-refractivity contribution in [3.63, 3.8) is 0 Å². The number of hydrogen-bond acceptors (Lipinski definition) is 5. The molecule has 0 saturated carbocycles. The van der Waals surface area contributed by atoms with E-state index in [0.29, 0.717) is 0 Å². The van der Waals surface area contributed by atoms with E-state index < -0.39 is 18.9 Å². The highest BCUT2D eigenvalue weighted by Gasteiger charge is 2.21. The normalized spacial score (nSPS) is 10.2. The van der Waals surface area contributed by atoms with Crippen LogP contribution in [-0.4, -0.2) is 18.1 Å². The van der Waals surface area contributed by atoms with Crippen LogP contribution in [-0.2, 0) is 16.1 Å². The summed E-state index contributed by atoms with van der Waals surface area (Å²) in [4.78, 5) is 11.8. The molecule has 0 bridgehead atoms. The third kappa shape index (κ3) is 3.88. The summed E-state index contributed by atoms with van der Waals surface area (Å²) in [7, 11) is -1.58. The van der Waals surface area contributed by atoms with Crippen LogP contribution in [0.25, 0.3) is 0 Å². The van der Waals surface area contributed by atoms with Crippen LogP contribution in [0.3, 0.4) is 0 Å². The lowest BCUT2D eigenvalue weighted by molar-refractivity contribution is 0.0472. The molecule has 7 heteroatoms. The molecule has 0 aliphatic rings. The van der Waals surface area contributed by atoms with Crippen LogP contribution in [0.5, 0.6) is 0 Å². The number of hydrogen-bond donors (Lipinski definition) is 2. The fourth-order valence-corrected chi connectivity index (χ4v) is 1.73. The van der Waals surface area contributed by atoms with Gasteiger partial charge in [0.15, 0.2) is 0 Å². The standard InChI is InChI=1S/C14H13BFNO4/c16-13-8-11(6-7-12(13)15(19)21-17)14(18)20-9-10-4-2-1-3-5-10/h1-8,19H,9,17H2. The Morgan fingerprint density at radius 2 is 1.95 bits per heavy atom. The van der Waals surface area contributed by atoms with E-state index in [0.717, 1.165) is 11.6 Å². The summed E-state index contributed by atoms with van der Waals surface area (Å²) < 4.78 is 22.9. The van der Waals surface area contributed by atoms with Gasteiger partial charge < -0.3 is 14.5 Å². The second-order valence-electron chi connectivity index (χ2n) is 4.29. The minimum absolute atomic E-state index is 0.0383. The summed E-state index contributed by atoms with van der Waals surface area (Å²) in [5.74, 6) is 3.31. The molecule has 3 N–H and O–H groups in total. The minimum atomic E-state index is -1.58. The van der Waals surface area contributed by atoms with Crippen LogP contribution in [0.4, 0.5) is 4.39 Å². The third-order valence-corrected chi connectivity index (χ3v) is 2.84. The first-order valence-electron chi connectivity index (χ1n) is 6.16. The van der Waals surface area contributed by atoms with Gasteiger partial charge in [0.2, 0.25) is 0 Å². The molecule has 0 fully saturated rings. The summed E-state index contributed by atoms with van der Waals surface area (Å²) in [6.45, 7) is 0.0948. The van der Waals surface area contributed by atoms with Crippen LogP contribution in [0.2, 0.25) is 0 Å². The molecule has 0 aliphatic heterocycles. The zero-order valence-electron chi connectivity index (χ0n) is 11.0. The summed E-state index contributed by atoms with van der Waals surface area (Å²) in [6.07, 6.45) is 0. The van der Waals surface area contributed by atoms with Crippen molar-refractivity contribution in [2.24, 2.45) is 5.90 Å². The quantitative estimate of drug-likeness (QED) is 0.482. The summed E-state index contributed by atoms with van der Waals surface area (Å²) in [6, 6.07) is 12.6. The predicted molar refractivity (Wildman–Crippen MR) is 74.8 cm³/mol. The van der Waals surface area contributed by atoms with Gasteiger partial charge in [0.05, 0.1) is 5.56 Å². The Bertz CT molecular complexity index is 624. The highest BCUT2D eigenvalue weighted by molar-refractivity contribution is 6.59. The topological polar surface area (TPSA) is 81.8 Å². The second kappa shape index (κ2) is 6.98. The fraction of sp³-hybridized carbons (Fsp3) is 0.0714. The smallest absolute Gasteiger partial charge is 0.457 e. The van der Waals surface area contributed by atoms with Gasteiger partial charge in [-0.2, -0.15) is 0 Å². The molecule has 0 amide bonds. The highest BCUT2D eigenvalue weighted by Crippen LogP contribution is 2.07. The molecule has 2 aromatic carbocycles. The van der Waals surface area contributed by atoms with Gasteiger partial charge in [0.25, 0.3) is 0 Å². The first-order chi connectivity index (χ1) is 10.1. The molecule has 108 valence electrons. The Labute approximate surface area is 121 Å². The van der Waals surface area contributed by atoms with Crippen molar-refractivity contribution in [2.45, 2.75) is 6.61 Å². The number of nitrogens with two attached hydrogens (primary N) is 1. The number of carbonyl (C=O) groups is 1. The summed E-state index contributed by atoms with van der Waals surface area (Å²) in [5, 5.41) is 9.29. The van der Waals surface area contributed by atoms with Gasteiger partial charge in [-0.1, -0.05) is 36.4 Å². The lowest BCUT2D eigenvalue weighted by Gasteiger charge is -2.08. The molecule has 0 radical (unpaired) electrons. The Morgan fingerprint density at radius 3 is 2.57 bits per heavy atom. The molecule has 0 aliphatic carbocycles. The van der Waals surface area contributed by atoms with Crippen LogP contribution < -0.4 is 11.4 Å². The number of esters is 1. The van der Waals surface area contributed by atoms with E-state index in [1.54, 1.807) is 0 Å². The van der Waals surface area contributed by atoms with Crippen LogP contribution in [0.15, 0.2) is 48.5 Å². The highest BCUT2D eigenvalue weighted by atomic mass is 19.1. The van der Waals surface area contributed by atoms with E-state index >= 15 is 0 Å². The zero-order valence-corrected chi connectivity index (χ0v) is 11.0. The number of halogens is 1. The Kier molecular flexibility index (Phi) is 5.05. The largest absolute Gasteiger partial charge is 0.511 e. The lowest BCUT2D eigenvalue weighted by atomic mass is 9.79. The maximum Gasteiger partial charge on any atom is 0.511 e. The van der Waals surface area contributed by atoms with E-state index in [9.17, 15) is 14.2 Å². The molecule has 2 rings (SSSR count). The van der Waals surface area contributed by atoms with E-state index in [1.807, 2.05) is 30.3 Å².